The summed E-state index contributed by atoms with van der Waals surface area (Å²) in [7, 11) is 0. The molecule has 2 atom stereocenters. The molecule has 1 aliphatic rings. The van der Waals surface area contributed by atoms with Crippen LogP contribution in [0.25, 0.3) is 0 Å². The van der Waals surface area contributed by atoms with Gasteiger partial charge in [-0.2, -0.15) is 5.10 Å². The molecule has 0 fully saturated rings. The Morgan fingerprint density at radius 2 is 2.15 bits per heavy atom. The van der Waals surface area contributed by atoms with Gasteiger partial charge in [0.1, 0.15) is 11.6 Å². The standard InChI is InChI=1S/C19H28N6O.HI/c1-3-20-19(21-13-16(26)12-15-8-5-4-6-9-15)23-17-10-7-11-25-18(17)22-14(2)24-25;/h4-6,8-9,16-17,26H,3,7,10-13H2,1-2H3,(H2,20,21,23);1H. The van der Waals surface area contributed by atoms with E-state index < -0.39 is 6.10 Å². The van der Waals surface area contributed by atoms with Crippen LogP contribution in [0.15, 0.2) is 35.3 Å². The first-order valence-corrected chi connectivity index (χ1v) is 9.34. The highest BCUT2D eigenvalue weighted by Gasteiger charge is 2.24. The number of halogens is 1. The van der Waals surface area contributed by atoms with Crippen molar-refractivity contribution >= 4 is 29.9 Å². The van der Waals surface area contributed by atoms with Crippen LogP contribution in [0.4, 0.5) is 0 Å². The van der Waals surface area contributed by atoms with Crippen molar-refractivity contribution in [1.82, 2.24) is 25.4 Å². The monoisotopic (exact) mass is 484 g/mol. The molecular formula is C19H29IN6O. The third-order valence-corrected chi connectivity index (χ3v) is 4.41. The van der Waals surface area contributed by atoms with Gasteiger partial charge in [-0.1, -0.05) is 30.3 Å². The predicted molar refractivity (Wildman–Crippen MR) is 117 cm³/mol. The normalized spacial score (nSPS) is 17.6. The van der Waals surface area contributed by atoms with Crippen molar-refractivity contribution in [3.05, 3.63) is 47.5 Å². The molecule has 3 N–H and O–H groups in total. The number of aliphatic hydroxyl groups is 1. The Hall–Kier alpha value is -1.68. The zero-order valence-electron chi connectivity index (χ0n) is 15.9. The third-order valence-electron chi connectivity index (χ3n) is 4.41. The van der Waals surface area contributed by atoms with Crippen molar-refractivity contribution in [3.63, 3.8) is 0 Å². The van der Waals surface area contributed by atoms with Crippen molar-refractivity contribution in [1.29, 1.82) is 0 Å². The molecule has 0 spiro atoms. The summed E-state index contributed by atoms with van der Waals surface area (Å²) in [6.45, 7) is 5.98. The van der Waals surface area contributed by atoms with Gasteiger partial charge in [-0.05, 0) is 32.3 Å². The summed E-state index contributed by atoms with van der Waals surface area (Å²) in [5, 5.41) is 21.4. The number of rotatable bonds is 6. The van der Waals surface area contributed by atoms with E-state index in [1.807, 2.05) is 48.9 Å². The molecule has 3 rings (SSSR count). The summed E-state index contributed by atoms with van der Waals surface area (Å²) in [6, 6.07) is 10.1. The van der Waals surface area contributed by atoms with E-state index in [1.165, 1.54) is 0 Å². The minimum Gasteiger partial charge on any atom is -0.391 e. The summed E-state index contributed by atoms with van der Waals surface area (Å²) in [4.78, 5) is 9.12. The van der Waals surface area contributed by atoms with Crippen LogP contribution in [0.2, 0.25) is 0 Å². The van der Waals surface area contributed by atoms with Crippen LogP contribution in [0.3, 0.4) is 0 Å². The quantitative estimate of drug-likeness (QED) is 0.333. The highest BCUT2D eigenvalue weighted by atomic mass is 127. The lowest BCUT2D eigenvalue weighted by atomic mass is 10.1. The minimum absolute atomic E-state index is 0. The molecule has 7 nitrogen and oxygen atoms in total. The zero-order chi connectivity index (χ0) is 18.4. The number of aromatic nitrogens is 3. The van der Waals surface area contributed by atoms with Gasteiger partial charge in [0.2, 0.25) is 0 Å². The number of nitrogens with zero attached hydrogens (tertiary/aromatic N) is 4. The minimum atomic E-state index is -0.509. The van der Waals surface area contributed by atoms with E-state index in [2.05, 4.69) is 25.7 Å². The second-order valence-corrected chi connectivity index (χ2v) is 6.64. The topological polar surface area (TPSA) is 87.4 Å². The molecular weight excluding hydrogens is 455 g/mol. The fourth-order valence-corrected chi connectivity index (χ4v) is 3.24. The van der Waals surface area contributed by atoms with E-state index in [1.54, 1.807) is 0 Å². The lowest BCUT2D eigenvalue weighted by Crippen LogP contribution is -2.42. The molecule has 0 radical (unpaired) electrons. The van der Waals surface area contributed by atoms with Crippen molar-refractivity contribution in [2.45, 2.75) is 51.8 Å². The van der Waals surface area contributed by atoms with Crippen LogP contribution in [0.5, 0.6) is 0 Å². The molecule has 2 aromatic rings. The highest BCUT2D eigenvalue weighted by molar-refractivity contribution is 14.0. The molecule has 0 bridgehead atoms. The largest absolute Gasteiger partial charge is 0.391 e. The maximum atomic E-state index is 10.3. The number of aliphatic hydroxyl groups excluding tert-OH is 1. The predicted octanol–water partition coefficient (Wildman–Crippen LogP) is 2.20. The lowest BCUT2D eigenvalue weighted by Gasteiger charge is -2.25. The molecule has 1 aliphatic heterocycles. The summed E-state index contributed by atoms with van der Waals surface area (Å²) >= 11 is 0. The number of benzene rings is 1. The second kappa shape index (κ2) is 10.6. The van der Waals surface area contributed by atoms with E-state index in [9.17, 15) is 5.11 Å². The van der Waals surface area contributed by atoms with Gasteiger partial charge in [-0.3, -0.25) is 4.99 Å². The molecule has 0 saturated heterocycles. The summed E-state index contributed by atoms with van der Waals surface area (Å²) in [5.74, 6) is 2.47. The smallest absolute Gasteiger partial charge is 0.191 e. The zero-order valence-corrected chi connectivity index (χ0v) is 18.3. The maximum absolute atomic E-state index is 10.3. The van der Waals surface area contributed by atoms with Gasteiger partial charge in [-0.25, -0.2) is 9.67 Å². The maximum Gasteiger partial charge on any atom is 0.191 e. The van der Waals surface area contributed by atoms with Gasteiger partial charge in [0.05, 0.1) is 18.7 Å². The van der Waals surface area contributed by atoms with E-state index in [-0.39, 0.29) is 30.0 Å². The van der Waals surface area contributed by atoms with Gasteiger partial charge in [-0.15, -0.1) is 24.0 Å². The highest BCUT2D eigenvalue weighted by Crippen LogP contribution is 2.22. The van der Waals surface area contributed by atoms with Crippen LogP contribution in [-0.4, -0.2) is 45.0 Å². The fraction of sp³-hybridized carbons (Fsp3) is 0.526. The molecule has 0 aliphatic carbocycles. The average molecular weight is 484 g/mol. The van der Waals surface area contributed by atoms with Crippen molar-refractivity contribution in [2.75, 3.05) is 13.1 Å². The first-order valence-electron chi connectivity index (χ1n) is 9.34. The Morgan fingerprint density at radius 1 is 1.37 bits per heavy atom. The van der Waals surface area contributed by atoms with Crippen molar-refractivity contribution in [2.24, 2.45) is 4.99 Å². The molecule has 0 saturated carbocycles. The summed E-state index contributed by atoms with van der Waals surface area (Å²) < 4.78 is 1.98. The first-order chi connectivity index (χ1) is 12.7. The molecule has 2 heterocycles. The molecule has 1 aromatic heterocycles. The van der Waals surface area contributed by atoms with E-state index >= 15 is 0 Å². The molecule has 148 valence electrons. The Labute approximate surface area is 177 Å². The second-order valence-electron chi connectivity index (χ2n) is 6.64. The molecule has 2 unspecified atom stereocenters. The van der Waals surface area contributed by atoms with E-state index in [4.69, 9.17) is 0 Å². The van der Waals surface area contributed by atoms with Gasteiger partial charge >= 0.3 is 0 Å². The number of aryl methyl sites for hydroxylation is 2. The van der Waals surface area contributed by atoms with Crippen LogP contribution < -0.4 is 10.6 Å². The van der Waals surface area contributed by atoms with Crippen molar-refractivity contribution < 1.29 is 5.11 Å². The lowest BCUT2D eigenvalue weighted by molar-refractivity contribution is 0.183. The van der Waals surface area contributed by atoms with Gasteiger partial charge in [0.15, 0.2) is 5.96 Å². The molecule has 27 heavy (non-hydrogen) atoms. The molecule has 0 amide bonds. The molecule has 1 aromatic carbocycles. The third kappa shape index (κ3) is 6.17. The van der Waals surface area contributed by atoms with Gasteiger partial charge in [0.25, 0.3) is 0 Å². The van der Waals surface area contributed by atoms with Crippen LogP contribution >= 0.6 is 24.0 Å². The SMILES string of the molecule is CCNC(=NCC(O)Cc1ccccc1)NC1CCCn2nc(C)nc21.I. The fourth-order valence-electron chi connectivity index (χ4n) is 3.24. The van der Waals surface area contributed by atoms with Crippen LogP contribution in [0.1, 0.15) is 43.0 Å². The Kier molecular flexibility index (Phi) is 8.49. The summed E-state index contributed by atoms with van der Waals surface area (Å²) in [6.07, 6.45) is 2.14. The Bertz CT molecular complexity index is 733. The summed E-state index contributed by atoms with van der Waals surface area (Å²) in [5.41, 5.74) is 1.11. The number of aliphatic imine (C=N–C) groups is 1. The Balaban J connectivity index is 0.00000261. The van der Waals surface area contributed by atoms with Crippen LogP contribution in [-0.2, 0) is 13.0 Å². The number of fused-ring (bicyclic) bond motifs is 1. The number of hydrogen-bond acceptors (Lipinski definition) is 4. The first kappa shape index (κ1) is 21.6. The van der Waals surface area contributed by atoms with E-state index in [0.717, 1.165) is 43.1 Å². The van der Waals surface area contributed by atoms with E-state index in [0.29, 0.717) is 18.9 Å². The van der Waals surface area contributed by atoms with Crippen LogP contribution in [0, 0.1) is 6.92 Å². The number of guanidine groups is 1. The van der Waals surface area contributed by atoms with Gasteiger partial charge in [0, 0.05) is 19.5 Å². The number of nitrogens with one attached hydrogen (secondary N) is 2. The van der Waals surface area contributed by atoms with Crippen molar-refractivity contribution in [3.8, 4) is 0 Å². The number of hydrogen-bond donors (Lipinski definition) is 3. The Morgan fingerprint density at radius 3 is 2.89 bits per heavy atom. The molecule has 8 heteroatoms. The van der Waals surface area contributed by atoms with Gasteiger partial charge < -0.3 is 15.7 Å². The average Bonchev–Trinajstić information content (AvgIpc) is 3.02.